The van der Waals surface area contributed by atoms with Gasteiger partial charge in [0, 0.05) is 21.7 Å². The minimum atomic E-state index is -0.0791. The minimum Gasteiger partial charge on any atom is -0.497 e. The van der Waals surface area contributed by atoms with Crippen molar-refractivity contribution >= 4 is 45.5 Å². The van der Waals surface area contributed by atoms with E-state index >= 15 is 0 Å². The molecule has 0 atom stereocenters. The maximum Gasteiger partial charge on any atom is 0.259 e. The summed E-state index contributed by atoms with van der Waals surface area (Å²) in [6.45, 7) is 2.08. The average Bonchev–Trinajstić information content (AvgIpc) is 3.22. The molecule has 150 valence electrons. The van der Waals surface area contributed by atoms with Gasteiger partial charge in [-0.05, 0) is 79.4 Å². The number of carbonyl (C=O) groups is 1. The van der Waals surface area contributed by atoms with Crippen LogP contribution in [0.3, 0.4) is 0 Å². The molecule has 0 saturated carbocycles. The first-order valence-corrected chi connectivity index (χ1v) is 11.5. The number of nitrogens with zero attached hydrogens (tertiary/aromatic N) is 1. The van der Waals surface area contributed by atoms with E-state index in [9.17, 15) is 4.79 Å². The topological polar surface area (TPSA) is 50.7 Å². The maximum absolute atomic E-state index is 13.3. The highest BCUT2D eigenvalue weighted by molar-refractivity contribution is 7.16. The van der Waals surface area contributed by atoms with Crippen molar-refractivity contribution in [2.75, 3.05) is 12.4 Å². The summed E-state index contributed by atoms with van der Waals surface area (Å²) < 4.78 is 5.20. The fourth-order valence-electron chi connectivity index (χ4n) is 3.56. The van der Waals surface area contributed by atoms with E-state index in [-0.39, 0.29) is 5.91 Å². The number of fused-ring (bicyclic) bond motifs is 1. The Labute approximate surface area is 179 Å². The summed E-state index contributed by atoms with van der Waals surface area (Å²) in [5.74, 6) is 0.689. The highest BCUT2D eigenvalue weighted by Gasteiger charge is 2.24. The fourth-order valence-corrected chi connectivity index (χ4v) is 5.57. The first-order chi connectivity index (χ1) is 14.2. The second-order valence-electron chi connectivity index (χ2n) is 7.15. The summed E-state index contributed by atoms with van der Waals surface area (Å²) in [6, 6.07) is 9.51. The molecule has 4 nitrogen and oxygen atoms in total. The number of carbonyl (C=O) groups excluding carboxylic acids is 1. The van der Waals surface area contributed by atoms with E-state index in [1.807, 2.05) is 30.5 Å². The molecule has 0 aliphatic heterocycles. The van der Waals surface area contributed by atoms with Gasteiger partial charge in [0.05, 0.1) is 12.7 Å². The summed E-state index contributed by atoms with van der Waals surface area (Å²) in [5, 5.41) is 5.93. The Morgan fingerprint density at radius 2 is 1.93 bits per heavy atom. The van der Waals surface area contributed by atoms with Crippen molar-refractivity contribution < 1.29 is 9.53 Å². The summed E-state index contributed by atoms with van der Waals surface area (Å²) in [5.41, 5.74) is 3.90. The number of amides is 1. The number of aliphatic imine (C=N–C) groups is 1. The third-order valence-electron chi connectivity index (χ3n) is 5.18. The van der Waals surface area contributed by atoms with Gasteiger partial charge in [-0.3, -0.25) is 4.79 Å². The van der Waals surface area contributed by atoms with Crippen molar-refractivity contribution in [1.29, 1.82) is 0 Å². The molecule has 3 aromatic rings. The third-order valence-corrected chi connectivity index (χ3v) is 7.33. The van der Waals surface area contributed by atoms with Crippen molar-refractivity contribution in [3.05, 3.63) is 62.2 Å². The van der Waals surface area contributed by atoms with Crippen LogP contribution in [0.5, 0.6) is 5.75 Å². The Kier molecular flexibility index (Phi) is 6.11. The predicted octanol–water partition coefficient (Wildman–Crippen LogP) is 6.40. The Hall–Kier alpha value is -2.44. The maximum atomic E-state index is 13.3. The minimum absolute atomic E-state index is 0.0791. The molecule has 0 bridgehead atoms. The van der Waals surface area contributed by atoms with Crippen molar-refractivity contribution in [1.82, 2.24) is 0 Å². The monoisotopic (exact) mass is 424 g/mol. The molecule has 1 aliphatic carbocycles. The number of ether oxygens (including phenoxy) is 1. The summed E-state index contributed by atoms with van der Waals surface area (Å²) >= 11 is 3.34. The van der Waals surface area contributed by atoms with Gasteiger partial charge in [0.15, 0.2) is 0 Å². The quantitative estimate of drug-likeness (QED) is 0.381. The Morgan fingerprint density at radius 1 is 1.14 bits per heavy atom. The molecule has 0 spiro atoms. The molecule has 1 aliphatic rings. The van der Waals surface area contributed by atoms with Crippen molar-refractivity contribution in [3.63, 3.8) is 0 Å². The van der Waals surface area contributed by atoms with Crippen LogP contribution in [0, 0.1) is 6.92 Å². The van der Waals surface area contributed by atoms with Crippen LogP contribution in [-0.2, 0) is 12.8 Å². The fraction of sp³-hybridized carbons (Fsp3) is 0.304. The molecular weight excluding hydrogens is 400 g/mol. The highest BCUT2D eigenvalue weighted by atomic mass is 32.1. The average molecular weight is 425 g/mol. The second-order valence-corrected chi connectivity index (χ2v) is 9.18. The Balaban J connectivity index is 1.67. The molecule has 1 N–H and O–H groups in total. The van der Waals surface area contributed by atoms with Crippen LogP contribution in [-0.4, -0.2) is 19.2 Å². The van der Waals surface area contributed by atoms with Crippen molar-refractivity contribution in [2.24, 2.45) is 4.99 Å². The normalized spacial score (nSPS) is 13.9. The van der Waals surface area contributed by atoms with E-state index in [2.05, 4.69) is 23.7 Å². The van der Waals surface area contributed by atoms with E-state index in [0.717, 1.165) is 46.1 Å². The number of thiophene rings is 2. The standard InChI is InChI=1S/C23H24N2O2S2/c1-15-12-13-28-20(15)14-24-23-21(18-6-4-3-5-7-19(18)29-23)22(26)25-16-8-10-17(27-2)11-9-16/h8-14H,3-7H2,1-2H3,(H,25,26). The molecule has 0 saturated heterocycles. The van der Waals surface area contributed by atoms with Crippen LogP contribution in [0.1, 0.15) is 50.5 Å². The van der Waals surface area contributed by atoms with Gasteiger partial charge in [-0.15, -0.1) is 22.7 Å². The van der Waals surface area contributed by atoms with Gasteiger partial charge in [0.1, 0.15) is 10.8 Å². The summed E-state index contributed by atoms with van der Waals surface area (Å²) in [6.07, 6.45) is 7.41. The second kappa shape index (κ2) is 8.93. The lowest BCUT2D eigenvalue weighted by Gasteiger charge is -2.08. The molecule has 2 heterocycles. The van der Waals surface area contributed by atoms with E-state index in [4.69, 9.17) is 9.73 Å². The van der Waals surface area contributed by atoms with Gasteiger partial charge >= 0.3 is 0 Å². The number of anilines is 1. The Bertz CT molecular complexity index is 1030. The van der Waals surface area contributed by atoms with Crippen LogP contribution < -0.4 is 10.1 Å². The molecule has 29 heavy (non-hydrogen) atoms. The van der Waals surface area contributed by atoms with Gasteiger partial charge in [0.2, 0.25) is 0 Å². The predicted molar refractivity (Wildman–Crippen MR) is 123 cm³/mol. The summed E-state index contributed by atoms with van der Waals surface area (Å²) in [7, 11) is 1.63. The number of aryl methyl sites for hydroxylation is 2. The van der Waals surface area contributed by atoms with Gasteiger partial charge in [0.25, 0.3) is 5.91 Å². The van der Waals surface area contributed by atoms with Crippen LogP contribution in [0.15, 0.2) is 40.7 Å². The third kappa shape index (κ3) is 4.43. The van der Waals surface area contributed by atoms with Crippen molar-refractivity contribution in [3.8, 4) is 5.75 Å². The molecule has 0 fully saturated rings. The number of hydrogen-bond acceptors (Lipinski definition) is 5. The van der Waals surface area contributed by atoms with Crippen molar-refractivity contribution in [2.45, 2.75) is 39.0 Å². The molecule has 6 heteroatoms. The van der Waals surface area contributed by atoms with E-state index in [0.29, 0.717) is 0 Å². The lowest BCUT2D eigenvalue weighted by molar-refractivity contribution is 0.102. The van der Waals surface area contributed by atoms with Gasteiger partial charge in [-0.25, -0.2) is 4.99 Å². The summed E-state index contributed by atoms with van der Waals surface area (Å²) in [4.78, 5) is 20.5. The van der Waals surface area contributed by atoms with Crippen LogP contribution in [0.25, 0.3) is 0 Å². The number of nitrogens with one attached hydrogen (secondary N) is 1. The molecule has 2 aromatic heterocycles. The zero-order valence-electron chi connectivity index (χ0n) is 16.7. The zero-order chi connectivity index (χ0) is 20.2. The lowest BCUT2D eigenvalue weighted by atomic mass is 10.0. The van der Waals surface area contributed by atoms with Crippen LogP contribution in [0.2, 0.25) is 0 Å². The van der Waals surface area contributed by atoms with Crippen LogP contribution in [0.4, 0.5) is 10.7 Å². The van der Waals surface area contributed by atoms with E-state index in [1.165, 1.54) is 28.8 Å². The van der Waals surface area contributed by atoms with Crippen LogP contribution >= 0.6 is 22.7 Å². The van der Waals surface area contributed by atoms with E-state index < -0.39 is 0 Å². The van der Waals surface area contributed by atoms with Gasteiger partial charge < -0.3 is 10.1 Å². The molecule has 0 radical (unpaired) electrons. The first-order valence-electron chi connectivity index (χ1n) is 9.84. The lowest BCUT2D eigenvalue weighted by Crippen LogP contribution is -2.13. The molecule has 1 aromatic carbocycles. The number of benzene rings is 1. The highest BCUT2D eigenvalue weighted by Crippen LogP contribution is 2.39. The number of rotatable bonds is 5. The van der Waals surface area contributed by atoms with Gasteiger partial charge in [-0.2, -0.15) is 0 Å². The Morgan fingerprint density at radius 3 is 2.66 bits per heavy atom. The van der Waals surface area contributed by atoms with Gasteiger partial charge in [-0.1, -0.05) is 6.42 Å². The first kappa shape index (κ1) is 19.9. The largest absolute Gasteiger partial charge is 0.497 e. The molecule has 4 rings (SSSR count). The molecular formula is C23H24N2O2S2. The molecule has 0 unspecified atom stereocenters. The smallest absolute Gasteiger partial charge is 0.259 e. The van der Waals surface area contributed by atoms with E-state index in [1.54, 1.807) is 29.8 Å². The SMILES string of the molecule is COc1ccc(NC(=O)c2c(N=Cc3sccc3C)sc3c2CCCCC3)cc1. The number of methoxy groups -OCH3 is 1. The number of hydrogen-bond donors (Lipinski definition) is 1. The molecule has 1 amide bonds. The zero-order valence-corrected chi connectivity index (χ0v) is 18.3.